The third-order valence-electron chi connectivity index (χ3n) is 4.45. The standard InChI is InChI=1S/C17H18F3N3O/c1-10-2-5-12(6-3-10)22-16(24)15-9-21-14-8-11(17(18,19)20)4-7-13(14)23-15/h4,7-10,12H,2-3,5-6H2,1H3,(H,22,24)/t10-,12-. The smallest absolute Gasteiger partial charge is 0.348 e. The Kier molecular flexibility index (Phi) is 4.43. The van der Waals surface area contributed by atoms with Gasteiger partial charge in [-0.1, -0.05) is 6.92 Å². The number of carbonyl (C=O) groups is 1. The molecule has 0 bridgehead atoms. The van der Waals surface area contributed by atoms with E-state index in [-0.39, 0.29) is 28.7 Å². The number of hydrogen-bond donors (Lipinski definition) is 1. The summed E-state index contributed by atoms with van der Waals surface area (Å²) in [6.45, 7) is 2.20. The van der Waals surface area contributed by atoms with E-state index in [1.165, 1.54) is 12.3 Å². The molecule has 0 unspecified atom stereocenters. The monoisotopic (exact) mass is 337 g/mol. The molecule has 128 valence electrons. The molecular formula is C17H18F3N3O. The van der Waals surface area contributed by atoms with E-state index in [4.69, 9.17) is 0 Å². The van der Waals surface area contributed by atoms with E-state index in [1.807, 2.05) is 0 Å². The van der Waals surface area contributed by atoms with Crippen LogP contribution < -0.4 is 5.32 Å². The van der Waals surface area contributed by atoms with Crippen molar-refractivity contribution in [2.24, 2.45) is 5.92 Å². The number of rotatable bonds is 2. The Morgan fingerprint density at radius 1 is 1.17 bits per heavy atom. The van der Waals surface area contributed by atoms with Crippen LogP contribution in [0, 0.1) is 5.92 Å². The lowest BCUT2D eigenvalue weighted by Crippen LogP contribution is -2.37. The lowest BCUT2D eigenvalue weighted by atomic mass is 9.87. The van der Waals surface area contributed by atoms with E-state index in [2.05, 4.69) is 22.2 Å². The molecule has 7 heteroatoms. The summed E-state index contributed by atoms with van der Waals surface area (Å²) in [5.74, 6) is 0.352. The average Bonchev–Trinajstić information content (AvgIpc) is 2.55. The fraction of sp³-hybridized carbons (Fsp3) is 0.471. The molecule has 1 aliphatic rings. The molecule has 1 N–H and O–H groups in total. The Hall–Kier alpha value is -2.18. The zero-order valence-electron chi connectivity index (χ0n) is 13.2. The van der Waals surface area contributed by atoms with Crippen LogP contribution in [0.2, 0.25) is 0 Å². The molecule has 0 saturated heterocycles. The lowest BCUT2D eigenvalue weighted by molar-refractivity contribution is -0.137. The van der Waals surface area contributed by atoms with E-state index in [1.54, 1.807) is 0 Å². The third kappa shape index (κ3) is 3.66. The van der Waals surface area contributed by atoms with Crippen LogP contribution in [0.4, 0.5) is 13.2 Å². The van der Waals surface area contributed by atoms with E-state index in [0.29, 0.717) is 5.92 Å². The van der Waals surface area contributed by atoms with Gasteiger partial charge < -0.3 is 5.32 Å². The zero-order valence-corrected chi connectivity index (χ0v) is 13.2. The maximum absolute atomic E-state index is 12.7. The van der Waals surface area contributed by atoms with Crippen LogP contribution in [0.5, 0.6) is 0 Å². The quantitative estimate of drug-likeness (QED) is 0.902. The summed E-state index contributed by atoms with van der Waals surface area (Å²) >= 11 is 0. The molecule has 1 heterocycles. The number of halogens is 3. The zero-order chi connectivity index (χ0) is 17.3. The average molecular weight is 337 g/mol. The number of nitrogens with zero attached hydrogens (tertiary/aromatic N) is 2. The third-order valence-corrected chi connectivity index (χ3v) is 4.45. The summed E-state index contributed by atoms with van der Waals surface area (Å²) in [4.78, 5) is 20.4. The second kappa shape index (κ2) is 6.37. The Morgan fingerprint density at radius 3 is 2.54 bits per heavy atom. The molecular weight excluding hydrogens is 319 g/mol. The van der Waals surface area contributed by atoms with Gasteiger partial charge in [-0.25, -0.2) is 4.98 Å². The maximum Gasteiger partial charge on any atom is 0.416 e. The lowest BCUT2D eigenvalue weighted by Gasteiger charge is -2.26. The molecule has 3 rings (SSSR count). The maximum atomic E-state index is 12.7. The van der Waals surface area contributed by atoms with Gasteiger partial charge in [0.25, 0.3) is 5.91 Å². The topological polar surface area (TPSA) is 54.9 Å². The van der Waals surface area contributed by atoms with Gasteiger partial charge in [-0.05, 0) is 49.8 Å². The van der Waals surface area contributed by atoms with Crippen molar-refractivity contribution in [1.29, 1.82) is 0 Å². The van der Waals surface area contributed by atoms with Crippen molar-refractivity contribution in [2.45, 2.75) is 44.8 Å². The first kappa shape index (κ1) is 16.7. The first-order valence-electron chi connectivity index (χ1n) is 7.98. The number of alkyl halides is 3. The van der Waals surface area contributed by atoms with Crippen molar-refractivity contribution in [3.05, 3.63) is 35.7 Å². The number of carbonyl (C=O) groups excluding carboxylic acids is 1. The van der Waals surface area contributed by atoms with Gasteiger partial charge in [0.15, 0.2) is 0 Å². The highest BCUT2D eigenvalue weighted by Gasteiger charge is 2.30. The first-order chi connectivity index (χ1) is 11.3. The Labute approximate surface area is 137 Å². The summed E-state index contributed by atoms with van der Waals surface area (Å²) in [5, 5.41) is 2.93. The molecule has 1 aliphatic carbocycles. The van der Waals surface area contributed by atoms with Gasteiger partial charge in [-0.3, -0.25) is 9.78 Å². The molecule has 1 amide bonds. The molecule has 2 aromatic rings. The van der Waals surface area contributed by atoms with E-state index < -0.39 is 11.7 Å². The Balaban J connectivity index is 1.76. The molecule has 0 atom stereocenters. The van der Waals surface area contributed by atoms with Gasteiger partial charge in [0.2, 0.25) is 0 Å². The molecule has 1 fully saturated rings. The van der Waals surface area contributed by atoms with Crippen molar-refractivity contribution in [2.75, 3.05) is 0 Å². The van der Waals surface area contributed by atoms with Crippen LogP contribution >= 0.6 is 0 Å². The number of nitrogens with one attached hydrogen (secondary N) is 1. The summed E-state index contributed by atoms with van der Waals surface area (Å²) in [6.07, 6.45) is 0.822. The summed E-state index contributed by atoms with van der Waals surface area (Å²) in [7, 11) is 0. The highest BCUT2D eigenvalue weighted by atomic mass is 19.4. The fourth-order valence-corrected chi connectivity index (χ4v) is 2.96. The molecule has 4 nitrogen and oxygen atoms in total. The van der Waals surface area contributed by atoms with Gasteiger partial charge in [0, 0.05) is 6.04 Å². The minimum atomic E-state index is -4.43. The molecule has 0 radical (unpaired) electrons. The van der Waals surface area contributed by atoms with Crippen molar-refractivity contribution >= 4 is 16.9 Å². The van der Waals surface area contributed by atoms with Crippen molar-refractivity contribution in [3.63, 3.8) is 0 Å². The largest absolute Gasteiger partial charge is 0.416 e. The highest BCUT2D eigenvalue weighted by Crippen LogP contribution is 2.30. The van der Waals surface area contributed by atoms with Gasteiger partial charge in [0.1, 0.15) is 5.69 Å². The van der Waals surface area contributed by atoms with Crippen molar-refractivity contribution < 1.29 is 18.0 Å². The summed E-state index contributed by atoms with van der Waals surface area (Å²) in [6, 6.07) is 3.25. The highest BCUT2D eigenvalue weighted by molar-refractivity contribution is 5.94. The molecule has 1 saturated carbocycles. The second-order valence-corrected chi connectivity index (χ2v) is 6.39. The Morgan fingerprint density at radius 2 is 1.88 bits per heavy atom. The second-order valence-electron chi connectivity index (χ2n) is 6.39. The molecule has 0 aliphatic heterocycles. The van der Waals surface area contributed by atoms with E-state index >= 15 is 0 Å². The molecule has 1 aromatic heterocycles. The van der Waals surface area contributed by atoms with Crippen LogP contribution in [-0.2, 0) is 6.18 Å². The fourth-order valence-electron chi connectivity index (χ4n) is 2.96. The summed E-state index contributed by atoms with van der Waals surface area (Å²) < 4.78 is 38.1. The van der Waals surface area contributed by atoms with Gasteiger partial charge >= 0.3 is 6.18 Å². The van der Waals surface area contributed by atoms with E-state index in [0.717, 1.165) is 37.8 Å². The molecule has 1 aromatic carbocycles. The number of benzene rings is 1. The minimum absolute atomic E-state index is 0.118. The Bertz CT molecular complexity index is 752. The van der Waals surface area contributed by atoms with Crippen LogP contribution in [0.1, 0.15) is 48.7 Å². The van der Waals surface area contributed by atoms with E-state index in [9.17, 15) is 18.0 Å². The first-order valence-corrected chi connectivity index (χ1v) is 7.98. The van der Waals surface area contributed by atoms with Crippen molar-refractivity contribution in [3.8, 4) is 0 Å². The van der Waals surface area contributed by atoms with Crippen LogP contribution in [0.3, 0.4) is 0 Å². The van der Waals surface area contributed by atoms with Crippen LogP contribution in [-0.4, -0.2) is 21.9 Å². The predicted molar refractivity (Wildman–Crippen MR) is 83.4 cm³/mol. The van der Waals surface area contributed by atoms with Crippen LogP contribution in [0.15, 0.2) is 24.4 Å². The number of amides is 1. The number of aromatic nitrogens is 2. The summed E-state index contributed by atoms with van der Waals surface area (Å²) in [5.41, 5.74) is -0.264. The normalized spacial score (nSPS) is 21.7. The SMILES string of the molecule is C[C@H]1CC[C@H](NC(=O)c2cnc3cc(C(F)(F)F)ccc3n2)CC1. The molecule has 24 heavy (non-hydrogen) atoms. The van der Waals surface area contributed by atoms with Gasteiger partial charge in [0.05, 0.1) is 22.8 Å². The minimum Gasteiger partial charge on any atom is -0.348 e. The number of fused-ring (bicyclic) bond motifs is 1. The predicted octanol–water partition coefficient (Wildman–Crippen LogP) is 3.96. The van der Waals surface area contributed by atoms with Gasteiger partial charge in [-0.15, -0.1) is 0 Å². The van der Waals surface area contributed by atoms with Gasteiger partial charge in [-0.2, -0.15) is 13.2 Å². The van der Waals surface area contributed by atoms with Crippen LogP contribution in [0.25, 0.3) is 11.0 Å². The molecule has 0 spiro atoms. The number of hydrogen-bond acceptors (Lipinski definition) is 3. The van der Waals surface area contributed by atoms with Crippen molar-refractivity contribution in [1.82, 2.24) is 15.3 Å².